The number of hydrogen-bond acceptors (Lipinski definition) is 4. The summed E-state index contributed by atoms with van der Waals surface area (Å²) in [5.41, 5.74) is 0. The van der Waals surface area contributed by atoms with Crippen LogP contribution in [0.2, 0.25) is 5.02 Å². The van der Waals surface area contributed by atoms with E-state index in [-0.39, 0.29) is 0 Å². The first-order valence-corrected chi connectivity index (χ1v) is 6.03. The lowest BCUT2D eigenvalue weighted by Crippen LogP contribution is -2.21. The smallest absolute Gasteiger partial charge is 0.318 e. The first-order chi connectivity index (χ1) is 7.74. The zero-order valence-electron chi connectivity index (χ0n) is 8.99. The van der Waals surface area contributed by atoms with Gasteiger partial charge in [-0.2, -0.15) is 4.98 Å². The Balaban J connectivity index is 2.20. The predicted molar refractivity (Wildman–Crippen MR) is 64.6 cm³/mol. The molecule has 1 atom stereocenters. The molecular weight excluding hydrogens is 249 g/mol. The number of aromatic nitrogens is 2. The molecule has 16 heavy (non-hydrogen) atoms. The number of alkyl halides is 1. The van der Waals surface area contributed by atoms with Crippen LogP contribution in [0.25, 0.3) is 0 Å². The Morgan fingerprint density at radius 1 is 1.62 bits per heavy atom. The van der Waals surface area contributed by atoms with E-state index in [0.29, 0.717) is 22.8 Å². The molecular formula is C10H13Cl2N3O. The van der Waals surface area contributed by atoms with Gasteiger partial charge in [-0.1, -0.05) is 11.6 Å². The van der Waals surface area contributed by atoms with E-state index in [0.717, 1.165) is 25.3 Å². The van der Waals surface area contributed by atoms with E-state index in [9.17, 15) is 0 Å². The third kappa shape index (κ3) is 2.33. The van der Waals surface area contributed by atoms with Crippen LogP contribution in [0.4, 0.5) is 5.82 Å². The number of nitrogens with zero attached hydrogens (tertiary/aromatic N) is 3. The van der Waals surface area contributed by atoms with Gasteiger partial charge in [-0.15, -0.1) is 11.6 Å². The third-order valence-electron chi connectivity index (χ3n) is 2.69. The van der Waals surface area contributed by atoms with Crippen molar-refractivity contribution in [2.75, 3.05) is 31.0 Å². The van der Waals surface area contributed by atoms with Crippen LogP contribution in [0.15, 0.2) is 6.20 Å². The van der Waals surface area contributed by atoms with Crippen LogP contribution in [0.3, 0.4) is 0 Å². The summed E-state index contributed by atoms with van der Waals surface area (Å²) < 4.78 is 4.99. The number of ether oxygens (including phenoxy) is 1. The van der Waals surface area contributed by atoms with Crippen molar-refractivity contribution in [1.29, 1.82) is 0 Å². The summed E-state index contributed by atoms with van der Waals surface area (Å²) in [5, 5.41) is 0.552. The van der Waals surface area contributed by atoms with Gasteiger partial charge in [-0.05, 0) is 12.3 Å². The summed E-state index contributed by atoms with van der Waals surface area (Å²) in [6.45, 7) is 1.82. The van der Waals surface area contributed by atoms with Crippen molar-refractivity contribution in [2.24, 2.45) is 5.92 Å². The van der Waals surface area contributed by atoms with Crippen LogP contribution in [0.1, 0.15) is 6.42 Å². The monoisotopic (exact) mass is 261 g/mol. The normalized spacial score (nSPS) is 20.2. The summed E-state index contributed by atoms with van der Waals surface area (Å²) in [6, 6.07) is 0.341. The fourth-order valence-electron chi connectivity index (χ4n) is 1.81. The minimum Gasteiger partial charge on any atom is -0.467 e. The molecule has 1 aromatic heterocycles. The topological polar surface area (TPSA) is 38.2 Å². The highest BCUT2D eigenvalue weighted by Crippen LogP contribution is 2.29. The second-order valence-electron chi connectivity index (χ2n) is 3.78. The zero-order chi connectivity index (χ0) is 11.5. The molecule has 1 saturated heterocycles. The Morgan fingerprint density at radius 2 is 2.44 bits per heavy atom. The highest BCUT2D eigenvalue weighted by atomic mass is 35.5. The fourth-order valence-corrected chi connectivity index (χ4v) is 2.28. The summed E-state index contributed by atoms with van der Waals surface area (Å²) in [6.07, 6.45) is 2.64. The molecule has 0 aromatic carbocycles. The van der Waals surface area contributed by atoms with Crippen molar-refractivity contribution in [2.45, 2.75) is 6.42 Å². The minimum atomic E-state index is 0.341. The number of anilines is 1. The molecule has 1 fully saturated rings. The Morgan fingerprint density at radius 3 is 3.06 bits per heavy atom. The molecule has 1 aromatic rings. The largest absolute Gasteiger partial charge is 0.467 e. The number of methoxy groups -OCH3 is 1. The Kier molecular flexibility index (Phi) is 3.71. The number of halogens is 2. The maximum atomic E-state index is 6.07. The molecule has 4 nitrogen and oxygen atoms in total. The maximum absolute atomic E-state index is 6.07. The van der Waals surface area contributed by atoms with E-state index in [2.05, 4.69) is 14.9 Å². The van der Waals surface area contributed by atoms with Crippen molar-refractivity contribution in [3.8, 4) is 6.01 Å². The van der Waals surface area contributed by atoms with Crippen LogP contribution in [-0.2, 0) is 0 Å². The SMILES string of the molecule is COc1ncc(Cl)c(N2CCC(CCl)C2)n1. The second kappa shape index (κ2) is 5.06. The summed E-state index contributed by atoms with van der Waals surface area (Å²) in [7, 11) is 1.54. The number of hydrogen-bond donors (Lipinski definition) is 0. The average Bonchev–Trinajstić information content (AvgIpc) is 2.78. The van der Waals surface area contributed by atoms with Crippen LogP contribution >= 0.6 is 23.2 Å². The van der Waals surface area contributed by atoms with Crippen molar-refractivity contribution < 1.29 is 4.74 Å². The van der Waals surface area contributed by atoms with Gasteiger partial charge in [-0.3, -0.25) is 0 Å². The molecule has 1 aliphatic rings. The van der Waals surface area contributed by atoms with E-state index in [1.54, 1.807) is 13.3 Å². The Labute approximate surface area is 105 Å². The molecule has 0 N–H and O–H groups in total. The van der Waals surface area contributed by atoms with Gasteiger partial charge >= 0.3 is 6.01 Å². The van der Waals surface area contributed by atoms with Gasteiger partial charge < -0.3 is 9.64 Å². The minimum absolute atomic E-state index is 0.341. The van der Waals surface area contributed by atoms with E-state index < -0.39 is 0 Å². The van der Waals surface area contributed by atoms with Gasteiger partial charge in [0.05, 0.1) is 13.3 Å². The lowest BCUT2D eigenvalue weighted by molar-refractivity contribution is 0.380. The Hall–Kier alpha value is -0.740. The quantitative estimate of drug-likeness (QED) is 0.783. The van der Waals surface area contributed by atoms with Crippen LogP contribution < -0.4 is 9.64 Å². The molecule has 6 heteroatoms. The van der Waals surface area contributed by atoms with E-state index in [1.807, 2.05) is 0 Å². The van der Waals surface area contributed by atoms with Crippen LogP contribution in [0, 0.1) is 5.92 Å². The van der Waals surface area contributed by atoms with Gasteiger partial charge in [0.2, 0.25) is 0 Å². The molecule has 0 spiro atoms. The second-order valence-corrected chi connectivity index (χ2v) is 4.50. The summed E-state index contributed by atoms with van der Waals surface area (Å²) >= 11 is 11.9. The Bertz CT molecular complexity index is 375. The van der Waals surface area contributed by atoms with E-state index >= 15 is 0 Å². The molecule has 2 heterocycles. The summed E-state index contributed by atoms with van der Waals surface area (Å²) in [5.74, 6) is 1.93. The predicted octanol–water partition coefficient (Wildman–Crippen LogP) is 2.20. The highest BCUT2D eigenvalue weighted by Gasteiger charge is 2.24. The molecule has 0 bridgehead atoms. The van der Waals surface area contributed by atoms with Gasteiger partial charge in [0.15, 0.2) is 5.82 Å². The van der Waals surface area contributed by atoms with Crippen molar-refractivity contribution in [3.05, 3.63) is 11.2 Å². The molecule has 2 rings (SSSR count). The van der Waals surface area contributed by atoms with Crippen molar-refractivity contribution >= 4 is 29.0 Å². The third-order valence-corrected chi connectivity index (χ3v) is 3.39. The zero-order valence-corrected chi connectivity index (χ0v) is 10.5. The fraction of sp³-hybridized carbons (Fsp3) is 0.600. The molecule has 0 radical (unpaired) electrons. The molecule has 0 aliphatic carbocycles. The molecule has 1 aliphatic heterocycles. The van der Waals surface area contributed by atoms with Crippen molar-refractivity contribution in [3.63, 3.8) is 0 Å². The van der Waals surface area contributed by atoms with Gasteiger partial charge in [0.25, 0.3) is 0 Å². The van der Waals surface area contributed by atoms with E-state index in [1.165, 1.54) is 0 Å². The first-order valence-electron chi connectivity index (χ1n) is 5.12. The maximum Gasteiger partial charge on any atom is 0.318 e. The highest BCUT2D eigenvalue weighted by molar-refractivity contribution is 6.32. The van der Waals surface area contributed by atoms with Gasteiger partial charge in [-0.25, -0.2) is 4.98 Å². The molecule has 88 valence electrons. The average molecular weight is 262 g/mol. The van der Waals surface area contributed by atoms with Gasteiger partial charge in [0.1, 0.15) is 5.02 Å². The first kappa shape index (κ1) is 11.7. The number of rotatable bonds is 3. The standard InChI is InChI=1S/C10H13Cl2N3O/c1-16-10-13-5-8(12)9(14-10)15-3-2-7(4-11)6-15/h5,7H,2-4,6H2,1H3. The van der Waals surface area contributed by atoms with Crippen LogP contribution in [0.5, 0.6) is 6.01 Å². The molecule has 0 saturated carbocycles. The van der Waals surface area contributed by atoms with Gasteiger partial charge in [0, 0.05) is 19.0 Å². The molecule has 1 unspecified atom stereocenters. The van der Waals surface area contributed by atoms with Crippen molar-refractivity contribution in [1.82, 2.24) is 9.97 Å². The lowest BCUT2D eigenvalue weighted by atomic mass is 10.2. The lowest BCUT2D eigenvalue weighted by Gasteiger charge is -2.18. The van der Waals surface area contributed by atoms with Crippen LogP contribution in [-0.4, -0.2) is 36.0 Å². The summed E-state index contributed by atoms with van der Waals surface area (Å²) in [4.78, 5) is 10.3. The molecule has 0 amide bonds. The van der Waals surface area contributed by atoms with E-state index in [4.69, 9.17) is 27.9 Å².